The Labute approximate surface area is 256 Å². The molecule has 0 unspecified atom stereocenters. The number of hydrogen-bond donors (Lipinski definition) is 2. The van der Waals surface area contributed by atoms with Crippen LogP contribution < -0.4 is 16.0 Å². The number of aromatic nitrogens is 4. The number of H-pyrrole nitrogens is 2. The molecule has 2 N–H and O–H groups in total. The quantitative estimate of drug-likeness (QED) is 0.278. The van der Waals surface area contributed by atoms with Gasteiger partial charge in [-0.3, -0.25) is 14.7 Å². The maximum Gasteiger partial charge on any atom is 0.411 e. The number of amides is 1. The Hall–Kier alpha value is -4.27. The zero-order valence-corrected chi connectivity index (χ0v) is 26.2. The molecule has 0 aliphatic carbocycles. The molecule has 0 bridgehead atoms. The maximum absolute atomic E-state index is 13.2. The number of benzene rings is 2. The van der Waals surface area contributed by atoms with Crippen molar-refractivity contribution in [3.8, 4) is 23.3 Å². The molecule has 0 radical (unpaired) electrons. The number of nitriles is 1. The molecule has 2 aromatic heterocycles. The lowest BCUT2D eigenvalue weighted by atomic mass is 9.74. The van der Waals surface area contributed by atoms with Crippen LogP contribution in [0.4, 0.5) is 4.79 Å². The van der Waals surface area contributed by atoms with E-state index in [1.165, 1.54) is 12.1 Å². The second-order valence-electron chi connectivity index (χ2n) is 12.6. The summed E-state index contributed by atoms with van der Waals surface area (Å²) in [4.78, 5) is 44.6. The lowest BCUT2D eigenvalue weighted by Gasteiger charge is -2.48. The minimum atomic E-state index is -0.896. The van der Waals surface area contributed by atoms with E-state index in [1.807, 2.05) is 51.7 Å². The zero-order chi connectivity index (χ0) is 31.6. The van der Waals surface area contributed by atoms with Crippen LogP contribution in [-0.2, 0) is 15.7 Å². The van der Waals surface area contributed by atoms with E-state index in [0.29, 0.717) is 12.3 Å². The van der Waals surface area contributed by atoms with Gasteiger partial charge in [-0.2, -0.15) is 9.94 Å². The average molecular weight is 626 g/mol. The lowest BCUT2D eigenvalue weighted by molar-refractivity contribution is -0.00926. The summed E-state index contributed by atoms with van der Waals surface area (Å²) < 4.78 is 12.7. The van der Waals surface area contributed by atoms with E-state index in [-0.39, 0.29) is 27.6 Å². The highest BCUT2D eigenvalue weighted by molar-refractivity contribution is 6.37. The second-order valence-corrected chi connectivity index (χ2v) is 13.4. The predicted molar refractivity (Wildman–Crippen MR) is 163 cm³/mol. The van der Waals surface area contributed by atoms with E-state index in [2.05, 4.69) is 23.9 Å². The van der Waals surface area contributed by atoms with E-state index in [9.17, 15) is 14.4 Å². The van der Waals surface area contributed by atoms with Crippen molar-refractivity contribution in [2.75, 3.05) is 6.54 Å². The van der Waals surface area contributed by atoms with Gasteiger partial charge < -0.3 is 14.5 Å². The predicted octanol–water partition coefficient (Wildman–Crippen LogP) is 6.14. The summed E-state index contributed by atoms with van der Waals surface area (Å²) in [6, 6.07) is 9.96. The molecule has 4 aromatic rings. The van der Waals surface area contributed by atoms with Gasteiger partial charge in [0.2, 0.25) is 5.69 Å². The first-order valence-corrected chi connectivity index (χ1v) is 14.2. The Morgan fingerprint density at radius 1 is 1.07 bits per heavy atom. The van der Waals surface area contributed by atoms with Gasteiger partial charge in [-0.25, -0.2) is 9.59 Å². The first kappa shape index (κ1) is 30.2. The van der Waals surface area contributed by atoms with Crippen molar-refractivity contribution >= 4 is 40.2 Å². The van der Waals surface area contributed by atoms with Crippen molar-refractivity contribution in [3.05, 3.63) is 78.2 Å². The van der Waals surface area contributed by atoms with Crippen LogP contribution in [0.5, 0.6) is 11.5 Å². The number of carbonyl (C=O) groups excluding carboxylic acids is 1. The van der Waals surface area contributed by atoms with Gasteiger partial charge in [0.15, 0.2) is 5.75 Å². The maximum atomic E-state index is 13.2. The van der Waals surface area contributed by atoms with Crippen molar-refractivity contribution in [2.45, 2.75) is 65.0 Å². The molecule has 224 valence electrons. The monoisotopic (exact) mass is 624 g/mol. The summed E-state index contributed by atoms with van der Waals surface area (Å²) in [6.45, 7) is 14.1. The number of halogens is 2. The minimum absolute atomic E-state index is 0.0755. The largest absolute Gasteiger partial charge is 0.454 e. The standard InChI is InChI=1S/C30H30Cl2N6O5/c1-28(2,3)43-27(41)37-14-29(4,5)22-17-12-16(8-9-20(17)34-24(22)30(37,6)7)42-23-18(31)10-15(11-19(23)32)38-26(40)35-25(39)21(13-33)36-38/h8-12,34H,14H2,1-7H3,(H,35,39,40). The molecule has 2 aromatic carbocycles. The Kier molecular flexibility index (Phi) is 7.15. The van der Waals surface area contributed by atoms with E-state index < -0.39 is 33.5 Å². The fraction of sp³-hybridized carbons (Fsp3) is 0.367. The normalized spacial score (nSPS) is 15.6. The molecule has 5 rings (SSSR count). The van der Waals surface area contributed by atoms with Crippen LogP contribution in [0.25, 0.3) is 16.6 Å². The summed E-state index contributed by atoms with van der Waals surface area (Å²) in [5.74, 6) is 0.602. The average Bonchev–Trinajstić information content (AvgIpc) is 3.29. The Morgan fingerprint density at radius 3 is 2.33 bits per heavy atom. The molecular weight excluding hydrogens is 595 g/mol. The third-order valence-electron chi connectivity index (χ3n) is 7.28. The molecule has 1 amide bonds. The number of fused-ring (bicyclic) bond motifs is 3. The molecule has 1 aliphatic rings. The highest BCUT2D eigenvalue weighted by atomic mass is 35.5. The van der Waals surface area contributed by atoms with E-state index in [1.54, 1.807) is 17.0 Å². The summed E-state index contributed by atoms with van der Waals surface area (Å²) in [5.41, 5.74) is -1.03. The molecule has 13 heteroatoms. The molecular formula is C30H30Cl2N6O5. The number of nitrogens with zero attached hydrogens (tertiary/aromatic N) is 4. The SMILES string of the molecule is CC(C)(C)OC(=O)N1CC(C)(C)c2c([nH]c3ccc(Oc4c(Cl)cc(-n5nc(C#N)c(=O)[nH]c5=O)cc4Cl)cc23)C1(C)C. The Bertz CT molecular complexity index is 1940. The topological polar surface area (TPSA) is 146 Å². The molecule has 11 nitrogen and oxygen atoms in total. The molecule has 0 fully saturated rings. The van der Waals surface area contributed by atoms with Crippen LogP contribution in [0.2, 0.25) is 10.0 Å². The first-order valence-electron chi connectivity index (χ1n) is 13.4. The van der Waals surface area contributed by atoms with Gasteiger partial charge in [-0.1, -0.05) is 37.0 Å². The fourth-order valence-corrected chi connectivity index (χ4v) is 5.90. The molecule has 3 heterocycles. The van der Waals surface area contributed by atoms with Gasteiger partial charge in [0.25, 0.3) is 5.56 Å². The lowest BCUT2D eigenvalue weighted by Crippen LogP contribution is -2.56. The smallest absolute Gasteiger partial charge is 0.411 e. The van der Waals surface area contributed by atoms with Crippen LogP contribution >= 0.6 is 23.2 Å². The van der Waals surface area contributed by atoms with Crippen molar-refractivity contribution in [1.29, 1.82) is 5.26 Å². The second kappa shape index (κ2) is 10.2. The van der Waals surface area contributed by atoms with Crippen molar-refractivity contribution < 1.29 is 14.3 Å². The third kappa shape index (κ3) is 5.37. The van der Waals surface area contributed by atoms with Crippen LogP contribution in [0, 0.1) is 11.3 Å². The number of nitrogens with one attached hydrogen (secondary N) is 2. The fourth-order valence-electron chi connectivity index (χ4n) is 5.35. The third-order valence-corrected chi connectivity index (χ3v) is 7.84. The minimum Gasteiger partial charge on any atom is -0.454 e. The highest BCUT2D eigenvalue weighted by Gasteiger charge is 2.48. The molecule has 0 atom stereocenters. The van der Waals surface area contributed by atoms with E-state index >= 15 is 0 Å². The van der Waals surface area contributed by atoms with Gasteiger partial charge in [0, 0.05) is 28.6 Å². The number of ether oxygens (including phenoxy) is 2. The van der Waals surface area contributed by atoms with Gasteiger partial charge in [-0.15, -0.1) is 5.10 Å². The van der Waals surface area contributed by atoms with Crippen LogP contribution in [-0.4, -0.2) is 42.9 Å². The number of hydrogen-bond acceptors (Lipinski definition) is 7. The van der Waals surface area contributed by atoms with Crippen molar-refractivity contribution in [3.63, 3.8) is 0 Å². The molecule has 0 spiro atoms. The molecule has 0 saturated carbocycles. The Morgan fingerprint density at radius 2 is 1.72 bits per heavy atom. The van der Waals surface area contributed by atoms with Crippen LogP contribution in [0.3, 0.4) is 0 Å². The summed E-state index contributed by atoms with van der Waals surface area (Å²) in [5, 5.41) is 14.0. The molecule has 1 aliphatic heterocycles. The first-order chi connectivity index (χ1) is 19.9. The summed E-state index contributed by atoms with van der Waals surface area (Å²) in [6.07, 6.45) is -0.380. The van der Waals surface area contributed by atoms with Gasteiger partial charge in [-0.05, 0) is 70.5 Å². The summed E-state index contributed by atoms with van der Waals surface area (Å²) >= 11 is 13.1. The van der Waals surface area contributed by atoms with Crippen molar-refractivity contribution in [1.82, 2.24) is 24.6 Å². The van der Waals surface area contributed by atoms with Crippen molar-refractivity contribution in [2.24, 2.45) is 0 Å². The van der Waals surface area contributed by atoms with Gasteiger partial charge in [0.1, 0.15) is 17.4 Å². The number of aromatic amines is 2. The summed E-state index contributed by atoms with van der Waals surface area (Å²) in [7, 11) is 0. The molecule has 43 heavy (non-hydrogen) atoms. The molecule has 0 saturated heterocycles. The van der Waals surface area contributed by atoms with E-state index in [4.69, 9.17) is 37.9 Å². The van der Waals surface area contributed by atoms with Gasteiger partial charge >= 0.3 is 11.8 Å². The van der Waals surface area contributed by atoms with E-state index in [0.717, 1.165) is 26.8 Å². The number of carbonyl (C=O) groups is 1. The van der Waals surface area contributed by atoms with Crippen LogP contribution in [0.1, 0.15) is 65.4 Å². The Balaban J connectivity index is 1.53. The zero-order valence-electron chi connectivity index (χ0n) is 24.7. The number of rotatable bonds is 3. The highest BCUT2D eigenvalue weighted by Crippen LogP contribution is 2.48. The van der Waals surface area contributed by atoms with Gasteiger partial charge in [0.05, 0.1) is 21.3 Å². The van der Waals surface area contributed by atoms with Crippen LogP contribution in [0.15, 0.2) is 39.9 Å².